The van der Waals surface area contributed by atoms with Crippen LogP contribution in [-0.4, -0.2) is 19.0 Å². The molecule has 3 heteroatoms. The van der Waals surface area contributed by atoms with Gasteiger partial charge < -0.3 is 4.74 Å². The molecule has 0 saturated carbocycles. The molecule has 14 heavy (non-hydrogen) atoms. The fraction of sp³-hybridized carbons (Fsp3) is 0.455. The van der Waals surface area contributed by atoms with Gasteiger partial charge in [-0.1, -0.05) is 50.1 Å². The van der Waals surface area contributed by atoms with Gasteiger partial charge in [0.1, 0.15) is 0 Å². The van der Waals surface area contributed by atoms with E-state index in [-0.39, 0.29) is 0 Å². The smallest absolute Gasteiger partial charge is 0.0468 e. The molecule has 0 fully saturated rings. The SMILES string of the molecule is COCCC(CBr)c1ccccc1Br. The lowest BCUT2D eigenvalue weighted by atomic mass is 9.98. The van der Waals surface area contributed by atoms with Gasteiger partial charge >= 0.3 is 0 Å². The van der Waals surface area contributed by atoms with Crippen molar-refractivity contribution in [3.8, 4) is 0 Å². The standard InChI is InChI=1S/C11H14Br2O/c1-14-7-6-9(8-12)10-4-2-3-5-11(10)13/h2-5,9H,6-8H2,1H3. The summed E-state index contributed by atoms with van der Waals surface area (Å²) < 4.78 is 6.28. The van der Waals surface area contributed by atoms with E-state index >= 15 is 0 Å². The largest absolute Gasteiger partial charge is 0.385 e. The second-order valence-corrected chi connectivity index (χ2v) is 4.66. The number of rotatable bonds is 5. The molecule has 1 nitrogen and oxygen atoms in total. The van der Waals surface area contributed by atoms with E-state index in [0.717, 1.165) is 18.4 Å². The quantitative estimate of drug-likeness (QED) is 0.746. The van der Waals surface area contributed by atoms with Gasteiger partial charge in [0.15, 0.2) is 0 Å². The first kappa shape index (κ1) is 12.2. The third-order valence-corrected chi connectivity index (χ3v) is 3.71. The Balaban J connectivity index is 2.73. The van der Waals surface area contributed by atoms with E-state index in [0.29, 0.717) is 5.92 Å². The van der Waals surface area contributed by atoms with Gasteiger partial charge in [-0.05, 0) is 24.0 Å². The van der Waals surface area contributed by atoms with Crippen LogP contribution in [0.1, 0.15) is 17.9 Å². The predicted molar refractivity (Wildman–Crippen MR) is 67.2 cm³/mol. The van der Waals surface area contributed by atoms with Crippen LogP contribution < -0.4 is 0 Å². The molecular formula is C11H14Br2O. The third kappa shape index (κ3) is 3.37. The highest BCUT2D eigenvalue weighted by atomic mass is 79.9. The molecule has 0 N–H and O–H groups in total. The molecule has 0 radical (unpaired) electrons. The lowest BCUT2D eigenvalue weighted by molar-refractivity contribution is 0.190. The lowest BCUT2D eigenvalue weighted by Gasteiger charge is -2.15. The number of benzene rings is 1. The van der Waals surface area contributed by atoms with Crippen LogP contribution in [0.2, 0.25) is 0 Å². The Hall–Kier alpha value is 0.140. The Morgan fingerprint density at radius 1 is 1.36 bits per heavy atom. The number of ether oxygens (including phenoxy) is 1. The van der Waals surface area contributed by atoms with Crippen LogP contribution in [0, 0.1) is 0 Å². The van der Waals surface area contributed by atoms with Crippen molar-refractivity contribution in [3.63, 3.8) is 0 Å². The van der Waals surface area contributed by atoms with Crippen molar-refractivity contribution in [3.05, 3.63) is 34.3 Å². The summed E-state index contributed by atoms with van der Waals surface area (Å²) in [5.41, 5.74) is 1.35. The van der Waals surface area contributed by atoms with Gasteiger partial charge in [0.25, 0.3) is 0 Å². The van der Waals surface area contributed by atoms with Crippen LogP contribution in [-0.2, 0) is 4.74 Å². The van der Waals surface area contributed by atoms with E-state index in [4.69, 9.17) is 4.74 Å². The molecule has 1 atom stereocenters. The van der Waals surface area contributed by atoms with Crippen molar-refractivity contribution < 1.29 is 4.74 Å². The zero-order chi connectivity index (χ0) is 10.4. The van der Waals surface area contributed by atoms with Crippen molar-refractivity contribution in [1.82, 2.24) is 0 Å². The van der Waals surface area contributed by atoms with E-state index in [2.05, 4.69) is 50.1 Å². The topological polar surface area (TPSA) is 9.23 Å². The third-order valence-electron chi connectivity index (χ3n) is 2.20. The predicted octanol–water partition coefficient (Wildman–Crippen LogP) is 3.96. The van der Waals surface area contributed by atoms with Gasteiger partial charge in [-0.25, -0.2) is 0 Å². The molecule has 0 aliphatic rings. The van der Waals surface area contributed by atoms with Crippen molar-refractivity contribution in [2.45, 2.75) is 12.3 Å². The molecule has 0 heterocycles. The van der Waals surface area contributed by atoms with Crippen LogP contribution in [0.4, 0.5) is 0 Å². The molecular weight excluding hydrogens is 308 g/mol. The maximum atomic E-state index is 5.10. The van der Waals surface area contributed by atoms with Gasteiger partial charge in [-0.15, -0.1) is 0 Å². The molecule has 1 aromatic carbocycles. The van der Waals surface area contributed by atoms with Crippen LogP contribution in [0.5, 0.6) is 0 Å². The highest BCUT2D eigenvalue weighted by Gasteiger charge is 2.12. The second-order valence-electron chi connectivity index (χ2n) is 3.15. The Labute approximate surface area is 102 Å². The maximum Gasteiger partial charge on any atom is 0.0468 e. The summed E-state index contributed by atoms with van der Waals surface area (Å²) in [5, 5.41) is 0.971. The average Bonchev–Trinajstić information content (AvgIpc) is 2.21. The van der Waals surface area contributed by atoms with Gasteiger partial charge in [-0.2, -0.15) is 0 Å². The van der Waals surface area contributed by atoms with Crippen molar-refractivity contribution in [1.29, 1.82) is 0 Å². The minimum absolute atomic E-state index is 0.519. The first-order valence-electron chi connectivity index (χ1n) is 4.59. The average molecular weight is 322 g/mol. The number of alkyl halides is 1. The van der Waals surface area contributed by atoms with Crippen LogP contribution in [0.15, 0.2) is 28.7 Å². The highest BCUT2D eigenvalue weighted by molar-refractivity contribution is 9.10. The van der Waals surface area contributed by atoms with E-state index in [9.17, 15) is 0 Å². The van der Waals surface area contributed by atoms with Crippen molar-refractivity contribution in [2.24, 2.45) is 0 Å². The number of halogens is 2. The normalized spacial score (nSPS) is 12.8. The molecule has 0 aliphatic heterocycles. The fourth-order valence-corrected chi connectivity index (χ4v) is 2.66. The molecule has 0 bridgehead atoms. The molecule has 0 aromatic heterocycles. The van der Waals surface area contributed by atoms with Gasteiger partial charge in [0, 0.05) is 23.5 Å². The second kappa shape index (κ2) is 6.59. The van der Waals surface area contributed by atoms with E-state index in [1.807, 2.05) is 6.07 Å². The summed E-state index contributed by atoms with van der Waals surface area (Å²) in [6.45, 7) is 0.803. The van der Waals surface area contributed by atoms with Crippen LogP contribution in [0.25, 0.3) is 0 Å². The summed E-state index contributed by atoms with van der Waals surface area (Å²) in [6, 6.07) is 8.35. The fourth-order valence-electron chi connectivity index (χ4n) is 1.38. The Kier molecular flexibility index (Phi) is 5.75. The van der Waals surface area contributed by atoms with E-state index in [1.165, 1.54) is 10.0 Å². The van der Waals surface area contributed by atoms with Gasteiger partial charge in [0.05, 0.1) is 0 Å². The van der Waals surface area contributed by atoms with Crippen molar-refractivity contribution in [2.75, 3.05) is 19.0 Å². The first-order chi connectivity index (χ1) is 6.79. The van der Waals surface area contributed by atoms with Gasteiger partial charge in [-0.3, -0.25) is 0 Å². The molecule has 0 amide bonds. The van der Waals surface area contributed by atoms with Crippen LogP contribution >= 0.6 is 31.9 Å². The minimum Gasteiger partial charge on any atom is -0.385 e. The number of hydrogen-bond donors (Lipinski definition) is 0. The number of hydrogen-bond acceptors (Lipinski definition) is 1. The summed E-state index contributed by atoms with van der Waals surface area (Å²) in [4.78, 5) is 0. The lowest BCUT2D eigenvalue weighted by Crippen LogP contribution is -2.04. The molecule has 0 saturated heterocycles. The summed E-state index contributed by atoms with van der Waals surface area (Å²) >= 11 is 7.11. The van der Waals surface area contributed by atoms with E-state index < -0.39 is 0 Å². The first-order valence-corrected chi connectivity index (χ1v) is 6.50. The zero-order valence-corrected chi connectivity index (χ0v) is 11.3. The Morgan fingerprint density at radius 3 is 2.64 bits per heavy atom. The van der Waals surface area contributed by atoms with Crippen LogP contribution in [0.3, 0.4) is 0 Å². The minimum atomic E-state index is 0.519. The van der Waals surface area contributed by atoms with Crippen molar-refractivity contribution >= 4 is 31.9 Å². The summed E-state index contributed by atoms with van der Waals surface area (Å²) in [7, 11) is 1.74. The Bertz CT molecular complexity index is 276. The zero-order valence-electron chi connectivity index (χ0n) is 8.17. The molecule has 0 spiro atoms. The molecule has 1 aromatic rings. The molecule has 1 rings (SSSR count). The summed E-state index contributed by atoms with van der Waals surface area (Å²) in [6.07, 6.45) is 1.05. The summed E-state index contributed by atoms with van der Waals surface area (Å²) in [5.74, 6) is 0.519. The molecule has 0 aliphatic carbocycles. The highest BCUT2D eigenvalue weighted by Crippen LogP contribution is 2.28. The number of methoxy groups -OCH3 is 1. The monoisotopic (exact) mass is 320 g/mol. The molecule has 78 valence electrons. The van der Waals surface area contributed by atoms with E-state index in [1.54, 1.807) is 7.11 Å². The molecule has 1 unspecified atom stereocenters. The Morgan fingerprint density at radius 2 is 2.07 bits per heavy atom. The van der Waals surface area contributed by atoms with Gasteiger partial charge in [0.2, 0.25) is 0 Å². The maximum absolute atomic E-state index is 5.10.